The maximum atomic E-state index is 6.02. The summed E-state index contributed by atoms with van der Waals surface area (Å²) in [5, 5.41) is 3.53. The molecule has 2 saturated heterocycles. The van der Waals surface area contributed by atoms with Crippen LogP contribution in [0.5, 0.6) is 0 Å². The average Bonchev–Trinajstić information content (AvgIpc) is 2.93. The minimum Gasteiger partial charge on any atom is -0.376 e. The van der Waals surface area contributed by atoms with Crippen molar-refractivity contribution in [3.05, 3.63) is 0 Å². The van der Waals surface area contributed by atoms with Gasteiger partial charge >= 0.3 is 0 Å². The Bertz CT molecular complexity index is 216. The minimum atomic E-state index is 0.568. The van der Waals surface area contributed by atoms with Gasteiger partial charge in [0.1, 0.15) is 0 Å². The van der Waals surface area contributed by atoms with Crippen molar-refractivity contribution in [2.24, 2.45) is 5.92 Å². The standard InChI is InChI=1S/C12H22N2O/c1-2-4-14(3-1)5-6-15-12-8-11-7-10(12)9-13-11/h10-13H,1-9H2. The quantitative estimate of drug-likeness (QED) is 0.744. The molecule has 3 nitrogen and oxygen atoms in total. The molecule has 2 aliphatic heterocycles. The van der Waals surface area contributed by atoms with E-state index in [0.29, 0.717) is 6.10 Å². The van der Waals surface area contributed by atoms with Crippen LogP contribution in [0.1, 0.15) is 25.7 Å². The molecule has 15 heavy (non-hydrogen) atoms. The fourth-order valence-electron chi connectivity index (χ4n) is 3.33. The molecule has 3 atom stereocenters. The highest BCUT2D eigenvalue weighted by molar-refractivity contribution is 4.95. The van der Waals surface area contributed by atoms with Gasteiger partial charge in [-0.2, -0.15) is 0 Å². The zero-order chi connectivity index (χ0) is 10.1. The Morgan fingerprint density at radius 2 is 2.07 bits per heavy atom. The Morgan fingerprint density at radius 3 is 2.73 bits per heavy atom. The largest absolute Gasteiger partial charge is 0.376 e. The van der Waals surface area contributed by atoms with Crippen LogP contribution in [0.3, 0.4) is 0 Å². The van der Waals surface area contributed by atoms with Gasteiger partial charge in [-0.25, -0.2) is 0 Å². The maximum absolute atomic E-state index is 6.02. The van der Waals surface area contributed by atoms with E-state index in [9.17, 15) is 0 Å². The number of rotatable bonds is 4. The molecule has 3 rings (SSSR count). The number of hydrogen-bond acceptors (Lipinski definition) is 3. The molecule has 2 bridgehead atoms. The van der Waals surface area contributed by atoms with Gasteiger partial charge in [0, 0.05) is 19.1 Å². The van der Waals surface area contributed by atoms with Crippen LogP contribution in [0, 0.1) is 5.92 Å². The van der Waals surface area contributed by atoms with Gasteiger partial charge in [0.05, 0.1) is 12.7 Å². The molecular weight excluding hydrogens is 188 g/mol. The normalized spacial score (nSPS) is 40.4. The number of fused-ring (bicyclic) bond motifs is 2. The molecule has 1 N–H and O–H groups in total. The van der Waals surface area contributed by atoms with Gasteiger partial charge in [-0.1, -0.05) is 0 Å². The second-order valence-corrected chi connectivity index (χ2v) is 5.29. The summed E-state index contributed by atoms with van der Waals surface area (Å²) in [6.07, 6.45) is 5.95. The Balaban J connectivity index is 1.36. The topological polar surface area (TPSA) is 24.5 Å². The second kappa shape index (κ2) is 4.40. The van der Waals surface area contributed by atoms with E-state index in [1.807, 2.05) is 0 Å². The fourth-order valence-corrected chi connectivity index (χ4v) is 3.33. The van der Waals surface area contributed by atoms with E-state index in [2.05, 4.69) is 10.2 Å². The summed E-state index contributed by atoms with van der Waals surface area (Å²) in [5.74, 6) is 0.813. The van der Waals surface area contributed by atoms with Gasteiger partial charge in [-0.15, -0.1) is 0 Å². The monoisotopic (exact) mass is 210 g/mol. The van der Waals surface area contributed by atoms with Crippen LogP contribution in [0.25, 0.3) is 0 Å². The van der Waals surface area contributed by atoms with Gasteiger partial charge in [-0.3, -0.25) is 0 Å². The average molecular weight is 210 g/mol. The first-order valence-electron chi connectivity index (χ1n) is 6.49. The number of nitrogens with zero attached hydrogens (tertiary/aromatic N) is 1. The lowest BCUT2D eigenvalue weighted by molar-refractivity contribution is 0.0120. The molecule has 0 radical (unpaired) electrons. The Morgan fingerprint density at radius 1 is 1.20 bits per heavy atom. The predicted molar refractivity (Wildman–Crippen MR) is 59.9 cm³/mol. The van der Waals surface area contributed by atoms with E-state index in [0.717, 1.165) is 25.1 Å². The zero-order valence-corrected chi connectivity index (χ0v) is 9.45. The number of nitrogens with one attached hydrogen (secondary N) is 1. The van der Waals surface area contributed by atoms with E-state index in [-0.39, 0.29) is 0 Å². The van der Waals surface area contributed by atoms with Gasteiger partial charge < -0.3 is 15.0 Å². The van der Waals surface area contributed by atoms with Gasteiger partial charge in [0.2, 0.25) is 0 Å². The summed E-state index contributed by atoms with van der Waals surface area (Å²) in [6.45, 7) is 5.89. The number of piperidine rings is 1. The molecule has 3 unspecified atom stereocenters. The molecule has 3 aliphatic rings. The van der Waals surface area contributed by atoms with Gasteiger partial charge in [0.25, 0.3) is 0 Å². The molecule has 3 heteroatoms. The van der Waals surface area contributed by atoms with E-state index in [1.165, 1.54) is 45.3 Å². The summed E-state index contributed by atoms with van der Waals surface area (Å²) in [5.41, 5.74) is 0. The summed E-state index contributed by atoms with van der Waals surface area (Å²) in [4.78, 5) is 2.53. The van der Waals surface area contributed by atoms with Gasteiger partial charge in [0.15, 0.2) is 0 Å². The third-order valence-corrected chi connectivity index (χ3v) is 4.24. The van der Waals surface area contributed by atoms with E-state index in [4.69, 9.17) is 4.74 Å². The van der Waals surface area contributed by atoms with Gasteiger partial charge in [-0.05, 0) is 44.7 Å². The summed E-state index contributed by atoms with van der Waals surface area (Å²) < 4.78 is 6.02. The van der Waals surface area contributed by atoms with Crippen molar-refractivity contribution in [3.8, 4) is 0 Å². The van der Waals surface area contributed by atoms with Crippen molar-refractivity contribution in [2.45, 2.75) is 37.8 Å². The third kappa shape index (κ3) is 2.19. The molecule has 0 amide bonds. The lowest BCUT2D eigenvalue weighted by atomic mass is 10.1. The van der Waals surface area contributed by atoms with Crippen molar-refractivity contribution < 1.29 is 4.74 Å². The van der Waals surface area contributed by atoms with E-state index in [1.54, 1.807) is 0 Å². The first kappa shape index (κ1) is 10.1. The number of ether oxygens (including phenoxy) is 1. The molecule has 0 aromatic carbocycles. The first-order chi connectivity index (χ1) is 7.42. The molecule has 1 saturated carbocycles. The fraction of sp³-hybridized carbons (Fsp3) is 1.00. The molecule has 3 fully saturated rings. The second-order valence-electron chi connectivity index (χ2n) is 5.29. The third-order valence-electron chi connectivity index (χ3n) is 4.24. The highest BCUT2D eigenvalue weighted by atomic mass is 16.5. The van der Waals surface area contributed by atoms with Crippen LogP contribution in [-0.4, -0.2) is 49.8 Å². The smallest absolute Gasteiger partial charge is 0.0631 e. The van der Waals surface area contributed by atoms with Crippen molar-refractivity contribution >= 4 is 0 Å². The van der Waals surface area contributed by atoms with Crippen molar-refractivity contribution in [1.82, 2.24) is 10.2 Å². The van der Waals surface area contributed by atoms with E-state index < -0.39 is 0 Å². The summed E-state index contributed by atoms with van der Waals surface area (Å²) in [6, 6.07) is 0.770. The minimum absolute atomic E-state index is 0.568. The lowest BCUT2D eigenvalue weighted by Gasteiger charge is -2.24. The van der Waals surface area contributed by atoms with Crippen LogP contribution in [0.2, 0.25) is 0 Å². The Kier molecular flexibility index (Phi) is 2.95. The summed E-state index contributed by atoms with van der Waals surface area (Å²) in [7, 11) is 0. The van der Waals surface area contributed by atoms with Crippen LogP contribution in [0.4, 0.5) is 0 Å². The molecular formula is C12H22N2O. The first-order valence-corrected chi connectivity index (χ1v) is 6.49. The zero-order valence-electron chi connectivity index (χ0n) is 9.45. The van der Waals surface area contributed by atoms with Crippen molar-refractivity contribution in [3.63, 3.8) is 0 Å². The lowest BCUT2D eigenvalue weighted by Crippen LogP contribution is -2.35. The molecule has 86 valence electrons. The SMILES string of the molecule is C1CCN(CCOC2CC3CC2CN3)C1. The van der Waals surface area contributed by atoms with Crippen LogP contribution in [-0.2, 0) is 4.74 Å². The molecule has 0 spiro atoms. The summed E-state index contributed by atoms with van der Waals surface area (Å²) >= 11 is 0. The molecule has 2 heterocycles. The Labute approximate surface area is 92.2 Å². The van der Waals surface area contributed by atoms with Crippen LogP contribution >= 0.6 is 0 Å². The Hall–Kier alpha value is -0.120. The maximum Gasteiger partial charge on any atom is 0.0631 e. The molecule has 0 aromatic rings. The highest BCUT2D eigenvalue weighted by Gasteiger charge is 2.39. The van der Waals surface area contributed by atoms with Crippen molar-refractivity contribution in [1.29, 1.82) is 0 Å². The highest BCUT2D eigenvalue weighted by Crippen LogP contribution is 2.33. The van der Waals surface area contributed by atoms with Crippen molar-refractivity contribution in [2.75, 3.05) is 32.8 Å². The molecule has 0 aromatic heterocycles. The number of likely N-dealkylation sites (tertiary alicyclic amines) is 1. The predicted octanol–water partition coefficient (Wildman–Crippen LogP) is 0.849. The van der Waals surface area contributed by atoms with E-state index >= 15 is 0 Å². The van der Waals surface area contributed by atoms with Crippen LogP contribution < -0.4 is 5.32 Å². The molecule has 1 aliphatic carbocycles. The van der Waals surface area contributed by atoms with Crippen LogP contribution in [0.15, 0.2) is 0 Å². The number of hydrogen-bond donors (Lipinski definition) is 1.